The normalized spacial score (nSPS) is 11.9. The van der Waals surface area contributed by atoms with Crippen LogP contribution in [0.15, 0.2) is 36.4 Å². The van der Waals surface area contributed by atoms with Crippen LogP contribution >= 0.6 is 0 Å². The molecule has 2 aromatic rings. The van der Waals surface area contributed by atoms with Crippen molar-refractivity contribution in [2.24, 2.45) is 5.73 Å². The number of nitrogens with two attached hydrogens (primary N) is 1. The minimum atomic E-state index is -0.597. The number of methoxy groups -OCH3 is 3. The van der Waals surface area contributed by atoms with Crippen molar-refractivity contribution in [2.45, 2.75) is 6.04 Å². The first kappa shape index (κ1) is 15.1. The Bertz CT molecular complexity index is 631. The molecule has 0 saturated carbocycles. The number of hydrogen-bond donors (Lipinski definition) is 1. The van der Waals surface area contributed by atoms with Gasteiger partial charge in [-0.1, -0.05) is 12.1 Å². The van der Waals surface area contributed by atoms with E-state index in [0.717, 1.165) is 0 Å². The molecule has 0 saturated heterocycles. The lowest BCUT2D eigenvalue weighted by atomic mass is 9.97. The Balaban J connectivity index is 2.54. The van der Waals surface area contributed by atoms with E-state index in [-0.39, 0.29) is 5.82 Å². The number of para-hydroxylation sites is 1. The van der Waals surface area contributed by atoms with E-state index in [0.29, 0.717) is 28.4 Å². The quantitative estimate of drug-likeness (QED) is 0.920. The van der Waals surface area contributed by atoms with Gasteiger partial charge in [0.2, 0.25) is 0 Å². The second kappa shape index (κ2) is 6.45. The molecule has 0 aliphatic rings. The lowest BCUT2D eigenvalue weighted by Gasteiger charge is -2.20. The van der Waals surface area contributed by atoms with Crippen LogP contribution in [-0.4, -0.2) is 21.3 Å². The van der Waals surface area contributed by atoms with E-state index in [1.807, 2.05) is 12.1 Å². The maximum atomic E-state index is 13.5. The molecule has 4 nitrogen and oxygen atoms in total. The highest BCUT2D eigenvalue weighted by Gasteiger charge is 2.20. The van der Waals surface area contributed by atoms with Crippen LogP contribution in [0.5, 0.6) is 17.2 Å². The lowest BCUT2D eigenvalue weighted by molar-refractivity contribution is 0.350. The molecule has 0 fully saturated rings. The van der Waals surface area contributed by atoms with E-state index < -0.39 is 6.04 Å². The fourth-order valence-electron chi connectivity index (χ4n) is 2.27. The van der Waals surface area contributed by atoms with Crippen LogP contribution in [0.2, 0.25) is 0 Å². The minimum Gasteiger partial charge on any atom is -0.496 e. The number of benzene rings is 2. The van der Waals surface area contributed by atoms with Crippen molar-refractivity contribution in [2.75, 3.05) is 21.3 Å². The third kappa shape index (κ3) is 2.92. The van der Waals surface area contributed by atoms with Gasteiger partial charge in [-0.25, -0.2) is 4.39 Å². The van der Waals surface area contributed by atoms with Gasteiger partial charge >= 0.3 is 0 Å². The molecule has 0 aromatic heterocycles. The van der Waals surface area contributed by atoms with Crippen LogP contribution in [0, 0.1) is 5.82 Å². The van der Waals surface area contributed by atoms with Crippen LogP contribution in [0.4, 0.5) is 4.39 Å². The van der Waals surface area contributed by atoms with Gasteiger partial charge in [0.15, 0.2) is 11.5 Å². The highest BCUT2D eigenvalue weighted by atomic mass is 19.1. The van der Waals surface area contributed by atoms with E-state index in [4.69, 9.17) is 19.9 Å². The average molecular weight is 291 g/mol. The molecule has 0 aliphatic heterocycles. The largest absolute Gasteiger partial charge is 0.496 e. The standard InChI is InChI=1S/C16H18FNO3/c1-19-13-8-7-10(17)9-12(13)15(18)11-5-4-6-14(20-2)16(11)21-3/h4-9,15H,18H2,1-3H3. The van der Waals surface area contributed by atoms with Crippen LogP contribution in [-0.2, 0) is 0 Å². The van der Waals surface area contributed by atoms with Crippen molar-refractivity contribution < 1.29 is 18.6 Å². The van der Waals surface area contributed by atoms with Crippen molar-refractivity contribution in [3.63, 3.8) is 0 Å². The van der Waals surface area contributed by atoms with Gasteiger partial charge in [-0.15, -0.1) is 0 Å². The van der Waals surface area contributed by atoms with Crippen LogP contribution in [0.3, 0.4) is 0 Å². The molecular weight excluding hydrogens is 273 g/mol. The summed E-state index contributed by atoms with van der Waals surface area (Å²) >= 11 is 0. The first-order chi connectivity index (χ1) is 10.1. The van der Waals surface area contributed by atoms with Crippen LogP contribution in [0.1, 0.15) is 17.2 Å². The van der Waals surface area contributed by atoms with Gasteiger partial charge in [-0.3, -0.25) is 0 Å². The summed E-state index contributed by atoms with van der Waals surface area (Å²) in [5.74, 6) is 1.25. The van der Waals surface area contributed by atoms with Crippen molar-refractivity contribution >= 4 is 0 Å². The smallest absolute Gasteiger partial charge is 0.165 e. The Morgan fingerprint density at radius 2 is 1.62 bits per heavy atom. The van der Waals surface area contributed by atoms with E-state index in [1.165, 1.54) is 26.4 Å². The second-order valence-corrected chi connectivity index (χ2v) is 4.45. The third-order valence-electron chi connectivity index (χ3n) is 3.30. The molecule has 2 N–H and O–H groups in total. The number of halogens is 1. The van der Waals surface area contributed by atoms with Gasteiger partial charge in [-0.05, 0) is 24.3 Å². The summed E-state index contributed by atoms with van der Waals surface area (Å²) in [6, 6.07) is 9.05. The molecule has 1 unspecified atom stereocenters. The van der Waals surface area contributed by atoms with Gasteiger partial charge in [0.25, 0.3) is 0 Å². The fourth-order valence-corrected chi connectivity index (χ4v) is 2.27. The molecule has 0 heterocycles. The average Bonchev–Trinajstić information content (AvgIpc) is 2.53. The summed E-state index contributed by atoms with van der Waals surface area (Å²) < 4.78 is 29.4. The lowest BCUT2D eigenvalue weighted by Crippen LogP contribution is -2.15. The predicted octanol–water partition coefficient (Wildman–Crippen LogP) is 2.90. The van der Waals surface area contributed by atoms with Crippen LogP contribution < -0.4 is 19.9 Å². The third-order valence-corrected chi connectivity index (χ3v) is 3.30. The maximum absolute atomic E-state index is 13.5. The zero-order valence-electron chi connectivity index (χ0n) is 12.2. The van der Waals surface area contributed by atoms with Crippen molar-refractivity contribution in [3.05, 3.63) is 53.3 Å². The number of rotatable bonds is 5. The van der Waals surface area contributed by atoms with Gasteiger partial charge < -0.3 is 19.9 Å². The molecule has 2 rings (SSSR count). The molecular formula is C16H18FNO3. The van der Waals surface area contributed by atoms with Gasteiger partial charge in [0, 0.05) is 11.1 Å². The monoisotopic (exact) mass is 291 g/mol. The van der Waals surface area contributed by atoms with Crippen molar-refractivity contribution in [3.8, 4) is 17.2 Å². The molecule has 0 radical (unpaired) electrons. The molecule has 112 valence electrons. The first-order valence-electron chi connectivity index (χ1n) is 6.42. The summed E-state index contributed by atoms with van der Waals surface area (Å²) in [5, 5.41) is 0. The van der Waals surface area contributed by atoms with Gasteiger partial charge in [-0.2, -0.15) is 0 Å². The Morgan fingerprint density at radius 3 is 2.24 bits per heavy atom. The van der Waals surface area contributed by atoms with Crippen LogP contribution in [0.25, 0.3) is 0 Å². The van der Waals surface area contributed by atoms with E-state index >= 15 is 0 Å². The molecule has 0 bridgehead atoms. The molecule has 1 atom stereocenters. The Kier molecular flexibility index (Phi) is 4.65. The molecule has 0 aliphatic carbocycles. The second-order valence-electron chi connectivity index (χ2n) is 4.45. The zero-order chi connectivity index (χ0) is 15.4. The summed E-state index contributed by atoms with van der Waals surface area (Å²) in [7, 11) is 4.61. The summed E-state index contributed by atoms with van der Waals surface area (Å²) in [4.78, 5) is 0. The number of ether oxygens (including phenoxy) is 3. The summed E-state index contributed by atoms with van der Waals surface area (Å²) in [5.41, 5.74) is 7.52. The Labute approximate surface area is 123 Å². The molecule has 2 aromatic carbocycles. The molecule has 0 amide bonds. The zero-order valence-corrected chi connectivity index (χ0v) is 12.2. The maximum Gasteiger partial charge on any atom is 0.165 e. The Hall–Kier alpha value is -2.27. The van der Waals surface area contributed by atoms with E-state index in [9.17, 15) is 4.39 Å². The summed E-state index contributed by atoms with van der Waals surface area (Å²) in [6.45, 7) is 0. The fraction of sp³-hybridized carbons (Fsp3) is 0.250. The number of hydrogen-bond acceptors (Lipinski definition) is 4. The van der Waals surface area contributed by atoms with E-state index in [1.54, 1.807) is 19.2 Å². The molecule has 0 spiro atoms. The highest BCUT2D eigenvalue weighted by Crippen LogP contribution is 2.38. The highest BCUT2D eigenvalue weighted by molar-refractivity contribution is 5.52. The summed E-state index contributed by atoms with van der Waals surface area (Å²) in [6.07, 6.45) is 0. The Morgan fingerprint density at radius 1 is 0.905 bits per heavy atom. The van der Waals surface area contributed by atoms with Gasteiger partial charge in [0.1, 0.15) is 11.6 Å². The minimum absolute atomic E-state index is 0.372. The first-order valence-corrected chi connectivity index (χ1v) is 6.42. The van der Waals surface area contributed by atoms with Gasteiger partial charge in [0.05, 0.1) is 27.4 Å². The SMILES string of the molecule is COc1ccc(F)cc1C(N)c1cccc(OC)c1OC. The predicted molar refractivity (Wildman–Crippen MR) is 78.5 cm³/mol. The van der Waals surface area contributed by atoms with Crippen molar-refractivity contribution in [1.82, 2.24) is 0 Å². The molecule has 21 heavy (non-hydrogen) atoms. The van der Waals surface area contributed by atoms with Crippen molar-refractivity contribution in [1.29, 1.82) is 0 Å². The molecule has 5 heteroatoms. The van der Waals surface area contributed by atoms with E-state index in [2.05, 4.69) is 0 Å². The topological polar surface area (TPSA) is 53.7 Å².